The Labute approximate surface area is 185 Å². The standard InChI is InChI=1S/C24H26BrN3O2/c1-17-22(27-24(30-17)20-8-5-9-21(25)14-20)16-28-12-10-19(11-13-28)23(29)26-15-18-6-3-2-4-7-18/h2-9,14,19H,10-13,15-16H2,1H3,(H,26,29). The van der Waals surface area contributed by atoms with Gasteiger partial charge in [0, 0.05) is 29.0 Å². The Kier molecular flexibility index (Phi) is 6.65. The highest BCUT2D eigenvalue weighted by molar-refractivity contribution is 9.10. The van der Waals surface area contributed by atoms with E-state index in [9.17, 15) is 4.79 Å². The molecular weight excluding hydrogens is 442 g/mol. The molecule has 0 aliphatic carbocycles. The summed E-state index contributed by atoms with van der Waals surface area (Å²) in [6.07, 6.45) is 1.74. The molecular formula is C24H26BrN3O2. The van der Waals surface area contributed by atoms with Gasteiger partial charge in [0.2, 0.25) is 11.8 Å². The second-order valence-corrected chi connectivity index (χ2v) is 8.70. The van der Waals surface area contributed by atoms with Gasteiger partial charge in [0.1, 0.15) is 5.76 Å². The number of halogens is 1. The van der Waals surface area contributed by atoms with Crippen LogP contribution < -0.4 is 5.32 Å². The monoisotopic (exact) mass is 467 g/mol. The molecule has 6 heteroatoms. The van der Waals surface area contributed by atoms with E-state index >= 15 is 0 Å². The number of nitrogens with one attached hydrogen (secondary N) is 1. The molecule has 0 atom stereocenters. The van der Waals surface area contributed by atoms with E-state index < -0.39 is 0 Å². The van der Waals surface area contributed by atoms with Crippen molar-refractivity contribution in [2.45, 2.75) is 32.9 Å². The molecule has 1 aliphatic heterocycles. The molecule has 2 heterocycles. The topological polar surface area (TPSA) is 58.4 Å². The molecule has 1 fully saturated rings. The number of oxazole rings is 1. The highest BCUT2D eigenvalue weighted by Gasteiger charge is 2.26. The fraction of sp³-hybridized carbons (Fsp3) is 0.333. The van der Waals surface area contributed by atoms with Gasteiger partial charge in [-0.05, 0) is 56.6 Å². The van der Waals surface area contributed by atoms with Gasteiger partial charge in [0.25, 0.3) is 0 Å². The summed E-state index contributed by atoms with van der Waals surface area (Å²) >= 11 is 3.50. The molecule has 0 radical (unpaired) electrons. The van der Waals surface area contributed by atoms with E-state index in [-0.39, 0.29) is 11.8 Å². The van der Waals surface area contributed by atoms with Gasteiger partial charge in [-0.1, -0.05) is 52.3 Å². The fourth-order valence-corrected chi connectivity index (χ4v) is 4.21. The van der Waals surface area contributed by atoms with Crippen LogP contribution >= 0.6 is 15.9 Å². The largest absolute Gasteiger partial charge is 0.441 e. The van der Waals surface area contributed by atoms with Crippen LogP contribution in [0.5, 0.6) is 0 Å². The van der Waals surface area contributed by atoms with Crippen LogP contribution in [-0.4, -0.2) is 28.9 Å². The first-order valence-electron chi connectivity index (χ1n) is 10.3. The maximum Gasteiger partial charge on any atom is 0.226 e. The molecule has 1 N–H and O–H groups in total. The van der Waals surface area contributed by atoms with Gasteiger partial charge < -0.3 is 9.73 Å². The molecule has 1 saturated heterocycles. The molecule has 4 rings (SSSR count). The average molecular weight is 468 g/mol. The van der Waals surface area contributed by atoms with Crippen LogP contribution in [0.4, 0.5) is 0 Å². The number of benzene rings is 2. The molecule has 30 heavy (non-hydrogen) atoms. The van der Waals surface area contributed by atoms with Crippen molar-refractivity contribution >= 4 is 21.8 Å². The van der Waals surface area contributed by atoms with E-state index in [1.165, 1.54) is 0 Å². The second-order valence-electron chi connectivity index (χ2n) is 7.79. The fourth-order valence-electron chi connectivity index (χ4n) is 3.81. The van der Waals surface area contributed by atoms with Crippen molar-refractivity contribution in [1.29, 1.82) is 0 Å². The zero-order chi connectivity index (χ0) is 20.9. The number of rotatable bonds is 6. The third-order valence-electron chi connectivity index (χ3n) is 5.61. The molecule has 3 aromatic rings. The Morgan fingerprint density at radius 1 is 1.17 bits per heavy atom. The maximum atomic E-state index is 12.5. The van der Waals surface area contributed by atoms with Crippen LogP contribution in [0.1, 0.15) is 29.9 Å². The molecule has 0 saturated carbocycles. The van der Waals surface area contributed by atoms with Crippen LogP contribution in [0.2, 0.25) is 0 Å². The minimum atomic E-state index is 0.0839. The molecule has 0 spiro atoms. The smallest absolute Gasteiger partial charge is 0.226 e. The first-order valence-corrected chi connectivity index (χ1v) is 11.1. The lowest BCUT2D eigenvalue weighted by atomic mass is 9.95. The van der Waals surface area contributed by atoms with Gasteiger partial charge in [-0.3, -0.25) is 9.69 Å². The number of carbonyl (C=O) groups is 1. The first kappa shape index (κ1) is 20.8. The molecule has 2 aromatic carbocycles. The number of aromatic nitrogens is 1. The van der Waals surface area contributed by atoms with Gasteiger partial charge >= 0.3 is 0 Å². The highest BCUT2D eigenvalue weighted by Crippen LogP contribution is 2.26. The van der Waals surface area contributed by atoms with E-state index in [0.29, 0.717) is 12.4 Å². The Bertz CT molecular complexity index is 995. The average Bonchev–Trinajstić information content (AvgIpc) is 3.13. The quantitative estimate of drug-likeness (QED) is 0.557. The third kappa shape index (κ3) is 5.18. The van der Waals surface area contributed by atoms with E-state index in [2.05, 4.69) is 26.1 Å². The van der Waals surface area contributed by atoms with E-state index in [1.54, 1.807) is 0 Å². The van der Waals surface area contributed by atoms with Crippen LogP contribution in [0.15, 0.2) is 63.5 Å². The number of likely N-dealkylation sites (tertiary alicyclic amines) is 1. The Morgan fingerprint density at radius 2 is 1.93 bits per heavy atom. The van der Waals surface area contributed by atoms with Crippen LogP contribution in [0.25, 0.3) is 11.5 Å². The van der Waals surface area contributed by atoms with Crippen molar-refractivity contribution in [3.8, 4) is 11.5 Å². The second kappa shape index (κ2) is 9.58. The predicted octanol–water partition coefficient (Wildman–Crippen LogP) is 4.94. The van der Waals surface area contributed by atoms with Crippen LogP contribution in [0, 0.1) is 12.8 Å². The first-order chi connectivity index (χ1) is 14.6. The molecule has 1 amide bonds. The summed E-state index contributed by atoms with van der Waals surface area (Å²) in [6, 6.07) is 18.0. The summed E-state index contributed by atoms with van der Waals surface area (Å²) in [7, 11) is 0. The van der Waals surface area contributed by atoms with Crippen LogP contribution in [-0.2, 0) is 17.9 Å². The lowest BCUT2D eigenvalue weighted by molar-refractivity contribution is -0.126. The molecule has 0 bridgehead atoms. The summed E-state index contributed by atoms with van der Waals surface area (Å²) in [5.41, 5.74) is 3.07. The van der Waals surface area contributed by atoms with Gasteiger partial charge in [-0.15, -0.1) is 0 Å². The van der Waals surface area contributed by atoms with E-state index in [1.807, 2.05) is 61.5 Å². The maximum absolute atomic E-state index is 12.5. The zero-order valence-electron chi connectivity index (χ0n) is 17.1. The van der Waals surface area contributed by atoms with Crippen LogP contribution in [0.3, 0.4) is 0 Å². The molecule has 1 aliphatic rings. The Morgan fingerprint density at radius 3 is 2.67 bits per heavy atom. The summed E-state index contributed by atoms with van der Waals surface area (Å²) in [4.78, 5) is 19.6. The molecule has 1 aromatic heterocycles. The van der Waals surface area contributed by atoms with Gasteiger partial charge in [0.15, 0.2) is 0 Å². The Hall–Kier alpha value is -2.44. The summed E-state index contributed by atoms with van der Waals surface area (Å²) in [6.45, 7) is 5.09. The van der Waals surface area contributed by atoms with Crippen molar-refractivity contribution in [1.82, 2.24) is 15.2 Å². The van der Waals surface area contributed by atoms with Gasteiger partial charge in [-0.25, -0.2) is 4.98 Å². The zero-order valence-corrected chi connectivity index (χ0v) is 18.7. The molecule has 5 nitrogen and oxygen atoms in total. The van der Waals surface area contributed by atoms with Gasteiger partial charge in [0.05, 0.1) is 5.69 Å². The number of amides is 1. The number of nitrogens with zero attached hydrogens (tertiary/aromatic N) is 2. The Balaban J connectivity index is 1.29. The number of piperidine rings is 1. The van der Waals surface area contributed by atoms with Crippen molar-refractivity contribution in [3.05, 3.63) is 76.1 Å². The normalized spacial score (nSPS) is 15.3. The minimum Gasteiger partial charge on any atom is -0.441 e. The summed E-state index contributed by atoms with van der Waals surface area (Å²) in [5.74, 6) is 1.75. The number of aryl methyl sites for hydroxylation is 1. The van der Waals surface area contributed by atoms with Crippen molar-refractivity contribution < 1.29 is 9.21 Å². The van der Waals surface area contributed by atoms with E-state index in [4.69, 9.17) is 9.40 Å². The summed E-state index contributed by atoms with van der Waals surface area (Å²) < 4.78 is 6.91. The SMILES string of the molecule is Cc1oc(-c2cccc(Br)c2)nc1CN1CCC(C(=O)NCc2ccccc2)CC1. The highest BCUT2D eigenvalue weighted by atomic mass is 79.9. The predicted molar refractivity (Wildman–Crippen MR) is 121 cm³/mol. The minimum absolute atomic E-state index is 0.0839. The number of carbonyl (C=O) groups excluding carboxylic acids is 1. The lowest BCUT2D eigenvalue weighted by Gasteiger charge is -2.30. The third-order valence-corrected chi connectivity index (χ3v) is 6.10. The molecule has 156 valence electrons. The van der Waals surface area contributed by atoms with Gasteiger partial charge in [-0.2, -0.15) is 0 Å². The number of hydrogen-bond donors (Lipinski definition) is 1. The number of hydrogen-bond acceptors (Lipinski definition) is 4. The lowest BCUT2D eigenvalue weighted by Crippen LogP contribution is -2.40. The molecule has 0 unspecified atom stereocenters. The summed E-state index contributed by atoms with van der Waals surface area (Å²) in [5, 5.41) is 3.08. The van der Waals surface area contributed by atoms with Crippen molar-refractivity contribution in [2.75, 3.05) is 13.1 Å². The van der Waals surface area contributed by atoms with E-state index in [0.717, 1.165) is 59.5 Å². The van der Waals surface area contributed by atoms with Crippen molar-refractivity contribution in [2.24, 2.45) is 5.92 Å². The van der Waals surface area contributed by atoms with Crippen molar-refractivity contribution in [3.63, 3.8) is 0 Å².